The molecule has 0 fully saturated rings. The van der Waals surface area contributed by atoms with Crippen molar-refractivity contribution >= 4 is 23.6 Å². The number of halogens is 3. The van der Waals surface area contributed by atoms with Crippen molar-refractivity contribution in [3.8, 4) is 17.2 Å². The Morgan fingerprint density at radius 1 is 1.03 bits per heavy atom. The second-order valence-electron chi connectivity index (χ2n) is 6.64. The fourth-order valence-corrected chi connectivity index (χ4v) is 2.74. The first-order chi connectivity index (χ1) is 16.2. The van der Waals surface area contributed by atoms with Crippen molar-refractivity contribution in [2.45, 2.75) is 6.18 Å². The van der Waals surface area contributed by atoms with Crippen LogP contribution in [0, 0.1) is 10.1 Å². The second kappa shape index (κ2) is 10.3. The zero-order valence-electron chi connectivity index (χ0n) is 17.5. The van der Waals surface area contributed by atoms with Crippen LogP contribution in [0.5, 0.6) is 17.2 Å². The van der Waals surface area contributed by atoms with Crippen molar-refractivity contribution in [1.82, 2.24) is 5.43 Å². The number of alkyl halides is 3. The molecular formula is C22H17F3N4O5. The van der Waals surface area contributed by atoms with Crippen molar-refractivity contribution in [3.05, 3.63) is 88.0 Å². The maximum absolute atomic E-state index is 12.9. The van der Waals surface area contributed by atoms with Crippen LogP contribution >= 0.6 is 0 Å². The van der Waals surface area contributed by atoms with E-state index in [1.54, 1.807) is 30.3 Å². The highest BCUT2D eigenvalue weighted by molar-refractivity contribution is 5.90. The molecule has 176 valence electrons. The SMILES string of the molecule is COc1cc(C=NNC(=O)Nc2ccccc2)ccc1Oc1ccc(C(F)(F)F)cc1[N+](=O)[O-]. The Morgan fingerprint density at radius 3 is 2.38 bits per heavy atom. The molecule has 0 spiro atoms. The molecule has 0 bridgehead atoms. The monoisotopic (exact) mass is 474 g/mol. The Kier molecular flexibility index (Phi) is 7.31. The molecule has 0 aliphatic rings. The molecule has 34 heavy (non-hydrogen) atoms. The molecule has 3 aromatic carbocycles. The summed E-state index contributed by atoms with van der Waals surface area (Å²) in [5.41, 5.74) is 1.32. The van der Waals surface area contributed by atoms with Gasteiger partial charge in [0, 0.05) is 11.8 Å². The summed E-state index contributed by atoms with van der Waals surface area (Å²) >= 11 is 0. The van der Waals surface area contributed by atoms with Crippen LogP contribution in [0.15, 0.2) is 71.8 Å². The average Bonchev–Trinajstić information content (AvgIpc) is 2.80. The van der Waals surface area contributed by atoms with E-state index in [0.29, 0.717) is 23.4 Å². The highest BCUT2D eigenvalue weighted by Crippen LogP contribution is 2.40. The molecule has 9 nitrogen and oxygen atoms in total. The van der Waals surface area contributed by atoms with Crippen LogP contribution in [0.3, 0.4) is 0 Å². The van der Waals surface area contributed by atoms with Gasteiger partial charge in [0.1, 0.15) is 0 Å². The van der Waals surface area contributed by atoms with Gasteiger partial charge >= 0.3 is 17.9 Å². The number of ether oxygens (including phenoxy) is 2. The molecule has 0 aliphatic carbocycles. The van der Waals surface area contributed by atoms with Crippen LogP contribution < -0.4 is 20.2 Å². The zero-order valence-corrected chi connectivity index (χ0v) is 17.5. The maximum Gasteiger partial charge on any atom is 0.416 e. The number of carbonyl (C=O) groups is 1. The Labute approximate surface area is 191 Å². The molecule has 2 N–H and O–H groups in total. The smallest absolute Gasteiger partial charge is 0.416 e. The van der Waals surface area contributed by atoms with Crippen molar-refractivity contribution < 1.29 is 32.4 Å². The maximum atomic E-state index is 12.9. The number of nitrogens with one attached hydrogen (secondary N) is 2. The lowest BCUT2D eigenvalue weighted by Crippen LogP contribution is -2.24. The van der Waals surface area contributed by atoms with Gasteiger partial charge in [0.05, 0.1) is 23.8 Å². The summed E-state index contributed by atoms with van der Waals surface area (Å²) in [6.45, 7) is 0. The van der Waals surface area contributed by atoms with Gasteiger partial charge in [0.2, 0.25) is 5.75 Å². The number of hydrogen-bond acceptors (Lipinski definition) is 6. The number of hydrazone groups is 1. The lowest BCUT2D eigenvalue weighted by Gasteiger charge is -2.12. The Bertz CT molecular complexity index is 1220. The third-order valence-corrected chi connectivity index (χ3v) is 4.30. The molecule has 0 radical (unpaired) electrons. The van der Waals surface area contributed by atoms with Crippen molar-refractivity contribution in [2.24, 2.45) is 5.10 Å². The van der Waals surface area contributed by atoms with Gasteiger partial charge in [-0.1, -0.05) is 18.2 Å². The second-order valence-corrected chi connectivity index (χ2v) is 6.64. The van der Waals surface area contributed by atoms with E-state index in [1.165, 1.54) is 31.5 Å². The molecule has 2 amide bonds. The van der Waals surface area contributed by atoms with Gasteiger partial charge in [-0.3, -0.25) is 10.1 Å². The molecule has 0 saturated carbocycles. The minimum absolute atomic E-state index is 0.0253. The summed E-state index contributed by atoms with van der Waals surface area (Å²) in [5.74, 6) is -0.235. The van der Waals surface area contributed by atoms with Crippen LogP contribution in [0.25, 0.3) is 0 Å². The lowest BCUT2D eigenvalue weighted by molar-refractivity contribution is -0.385. The van der Waals surface area contributed by atoms with Crippen molar-refractivity contribution in [2.75, 3.05) is 12.4 Å². The van der Waals surface area contributed by atoms with Gasteiger partial charge in [-0.2, -0.15) is 18.3 Å². The van der Waals surface area contributed by atoms with Crippen LogP contribution in [0.4, 0.5) is 29.3 Å². The molecule has 0 aliphatic heterocycles. The van der Waals surface area contributed by atoms with Crippen LogP contribution in [-0.2, 0) is 6.18 Å². The quantitative estimate of drug-likeness (QED) is 0.264. The van der Waals surface area contributed by atoms with Crippen LogP contribution in [0.1, 0.15) is 11.1 Å². The standard InChI is InChI=1S/C22H17F3N4O5/c1-33-20-11-14(13-26-28-21(30)27-16-5-3-2-4-6-16)7-9-19(20)34-18-10-8-15(22(23,24)25)12-17(18)29(31)32/h2-13H,1H3,(H2,27,28,30). The highest BCUT2D eigenvalue weighted by atomic mass is 19.4. The molecular weight excluding hydrogens is 457 g/mol. The highest BCUT2D eigenvalue weighted by Gasteiger charge is 2.33. The zero-order chi connectivity index (χ0) is 24.7. The van der Waals surface area contributed by atoms with E-state index in [1.807, 2.05) is 0 Å². The minimum Gasteiger partial charge on any atom is -0.493 e. The number of rotatable bonds is 7. The van der Waals surface area contributed by atoms with Gasteiger partial charge in [-0.25, -0.2) is 10.2 Å². The van der Waals surface area contributed by atoms with Gasteiger partial charge < -0.3 is 14.8 Å². The number of nitro benzene ring substituents is 1. The normalized spacial score (nSPS) is 11.2. The van der Waals surface area contributed by atoms with E-state index < -0.39 is 34.1 Å². The van der Waals surface area contributed by atoms with Gasteiger partial charge in [-0.05, 0) is 48.0 Å². The number of amides is 2. The molecule has 12 heteroatoms. The Morgan fingerprint density at radius 2 is 1.74 bits per heavy atom. The molecule has 0 heterocycles. The average molecular weight is 474 g/mol. The summed E-state index contributed by atoms with van der Waals surface area (Å²) in [6, 6.07) is 14.5. The van der Waals surface area contributed by atoms with Crippen LogP contribution in [0.2, 0.25) is 0 Å². The van der Waals surface area contributed by atoms with E-state index in [-0.39, 0.29) is 11.5 Å². The van der Waals surface area contributed by atoms with E-state index in [0.717, 1.165) is 6.07 Å². The molecule has 3 aromatic rings. The predicted molar refractivity (Wildman–Crippen MR) is 117 cm³/mol. The minimum atomic E-state index is -4.74. The topological polar surface area (TPSA) is 115 Å². The van der Waals surface area contributed by atoms with Crippen LogP contribution in [-0.4, -0.2) is 24.3 Å². The van der Waals surface area contributed by atoms with Crippen molar-refractivity contribution in [3.63, 3.8) is 0 Å². The number of carbonyl (C=O) groups excluding carboxylic acids is 1. The lowest BCUT2D eigenvalue weighted by atomic mass is 10.1. The van der Waals surface area contributed by atoms with E-state index in [4.69, 9.17) is 9.47 Å². The summed E-state index contributed by atoms with van der Waals surface area (Å²) in [6.07, 6.45) is -3.43. The van der Waals surface area contributed by atoms with Gasteiger partial charge in [0.25, 0.3) is 0 Å². The largest absolute Gasteiger partial charge is 0.493 e. The van der Waals surface area contributed by atoms with E-state index in [2.05, 4.69) is 15.8 Å². The number of para-hydroxylation sites is 1. The summed E-state index contributed by atoms with van der Waals surface area (Å²) in [4.78, 5) is 22.1. The first-order valence-corrected chi connectivity index (χ1v) is 9.54. The number of nitro groups is 1. The number of methoxy groups -OCH3 is 1. The predicted octanol–water partition coefficient (Wildman–Crippen LogP) is 5.57. The Balaban J connectivity index is 1.73. The number of benzene rings is 3. The number of nitrogens with zero attached hydrogens (tertiary/aromatic N) is 2. The molecule has 0 unspecified atom stereocenters. The fourth-order valence-electron chi connectivity index (χ4n) is 2.74. The number of hydrogen-bond donors (Lipinski definition) is 2. The summed E-state index contributed by atoms with van der Waals surface area (Å²) in [7, 11) is 1.32. The van der Waals surface area contributed by atoms with Crippen molar-refractivity contribution in [1.29, 1.82) is 0 Å². The number of anilines is 1. The molecule has 0 atom stereocenters. The van der Waals surface area contributed by atoms with Gasteiger partial charge in [-0.15, -0.1) is 0 Å². The first-order valence-electron chi connectivity index (χ1n) is 9.54. The molecule has 0 aromatic heterocycles. The third-order valence-electron chi connectivity index (χ3n) is 4.30. The van der Waals surface area contributed by atoms with E-state index in [9.17, 15) is 28.1 Å². The molecule has 3 rings (SSSR count). The van der Waals surface area contributed by atoms with E-state index >= 15 is 0 Å². The Hall–Kier alpha value is -4.61. The van der Waals surface area contributed by atoms with Gasteiger partial charge in [0.15, 0.2) is 11.5 Å². The summed E-state index contributed by atoms with van der Waals surface area (Å²) < 4.78 is 49.3. The molecule has 0 saturated heterocycles. The number of urea groups is 1. The summed E-state index contributed by atoms with van der Waals surface area (Å²) in [5, 5.41) is 17.7. The first kappa shape index (κ1) is 24.0. The third kappa shape index (κ3) is 6.22. The fraction of sp³-hybridized carbons (Fsp3) is 0.0909.